The number of carbonyl (C=O) groups is 2. The third kappa shape index (κ3) is 5.62. The summed E-state index contributed by atoms with van der Waals surface area (Å²) in [4.78, 5) is 35.8. The molecule has 11 nitrogen and oxygen atoms in total. The topological polar surface area (TPSA) is 151 Å². The molecule has 2 amide bonds. The molecule has 0 bridgehead atoms. The Balaban J connectivity index is 1.50. The highest BCUT2D eigenvalue weighted by molar-refractivity contribution is 5.96. The molecule has 2 atom stereocenters. The highest BCUT2D eigenvalue weighted by Crippen LogP contribution is 2.26. The minimum atomic E-state index is -0.967. The number of nitrogens with zero attached hydrogens (tertiary/aromatic N) is 5. The molecular formula is C25H32N8O3. The van der Waals surface area contributed by atoms with Crippen LogP contribution in [0.3, 0.4) is 0 Å². The quantitative estimate of drug-likeness (QED) is 0.391. The van der Waals surface area contributed by atoms with Gasteiger partial charge in [-0.2, -0.15) is 5.10 Å². The molecule has 0 radical (unpaired) electrons. The van der Waals surface area contributed by atoms with Gasteiger partial charge in [-0.05, 0) is 51.3 Å². The molecule has 190 valence electrons. The van der Waals surface area contributed by atoms with Crippen LogP contribution < -0.4 is 21.3 Å². The highest BCUT2D eigenvalue weighted by Gasteiger charge is 2.29. The molecule has 1 saturated heterocycles. The Hall–Kier alpha value is -3.99. The third-order valence-electron chi connectivity index (χ3n) is 6.33. The lowest BCUT2D eigenvalue weighted by atomic mass is 9.96. The van der Waals surface area contributed by atoms with Crippen molar-refractivity contribution in [2.24, 2.45) is 12.8 Å². The van der Waals surface area contributed by atoms with Gasteiger partial charge in [0.1, 0.15) is 5.82 Å². The molecule has 0 aliphatic carbocycles. The van der Waals surface area contributed by atoms with Gasteiger partial charge in [0.15, 0.2) is 11.5 Å². The van der Waals surface area contributed by atoms with Crippen LogP contribution in [0.5, 0.6) is 0 Å². The Labute approximate surface area is 209 Å². The number of hydrogen-bond acceptors (Lipinski definition) is 8. The van der Waals surface area contributed by atoms with Gasteiger partial charge in [0, 0.05) is 37.4 Å². The molecule has 36 heavy (non-hydrogen) atoms. The lowest BCUT2D eigenvalue weighted by Gasteiger charge is -2.39. The fourth-order valence-electron chi connectivity index (χ4n) is 4.25. The Morgan fingerprint density at radius 3 is 2.50 bits per heavy atom. The molecule has 1 aliphatic heterocycles. The van der Waals surface area contributed by atoms with E-state index >= 15 is 0 Å². The number of hydrogen-bond donors (Lipinski definition) is 4. The number of aliphatic hydroxyl groups is 1. The van der Waals surface area contributed by atoms with Crippen LogP contribution in [0.25, 0.3) is 0 Å². The van der Waals surface area contributed by atoms with E-state index in [0.717, 1.165) is 18.4 Å². The number of aryl methyl sites for hydroxylation is 1. The van der Waals surface area contributed by atoms with Crippen molar-refractivity contribution in [2.45, 2.75) is 51.3 Å². The van der Waals surface area contributed by atoms with Crippen LogP contribution in [0.1, 0.15) is 60.0 Å². The zero-order valence-corrected chi connectivity index (χ0v) is 20.9. The minimum absolute atomic E-state index is 0.0339. The fourth-order valence-corrected chi connectivity index (χ4v) is 4.25. The number of benzene rings is 1. The molecule has 4 rings (SSSR count). The van der Waals surface area contributed by atoms with E-state index in [1.165, 1.54) is 6.20 Å². The minimum Gasteiger partial charge on any atom is -0.386 e. The van der Waals surface area contributed by atoms with Gasteiger partial charge in [0.05, 0.1) is 23.7 Å². The number of anilines is 3. The smallest absolute Gasteiger partial charge is 0.271 e. The second kappa shape index (κ2) is 9.94. The maximum absolute atomic E-state index is 12.9. The number of nitrogens with two attached hydrogens (primary N) is 1. The number of aromatic nitrogens is 4. The van der Waals surface area contributed by atoms with E-state index in [-0.39, 0.29) is 29.5 Å². The first-order valence-corrected chi connectivity index (χ1v) is 11.8. The molecule has 1 aromatic carbocycles. The van der Waals surface area contributed by atoms with E-state index in [2.05, 4.69) is 37.5 Å². The third-order valence-corrected chi connectivity index (χ3v) is 6.33. The maximum Gasteiger partial charge on any atom is 0.271 e. The maximum atomic E-state index is 12.9. The van der Waals surface area contributed by atoms with Crippen molar-refractivity contribution in [3.63, 3.8) is 0 Å². The van der Waals surface area contributed by atoms with Crippen LogP contribution in [0.15, 0.2) is 42.9 Å². The van der Waals surface area contributed by atoms with Crippen LogP contribution >= 0.6 is 0 Å². The average Bonchev–Trinajstić information content (AvgIpc) is 3.24. The Kier molecular flexibility index (Phi) is 6.93. The molecular weight excluding hydrogens is 460 g/mol. The monoisotopic (exact) mass is 492 g/mol. The van der Waals surface area contributed by atoms with Crippen LogP contribution in [-0.2, 0) is 12.6 Å². The van der Waals surface area contributed by atoms with Gasteiger partial charge in [0.2, 0.25) is 0 Å². The summed E-state index contributed by atoms with van der Waals surface area (Å²) >= 11 is 0. The van der Waals surface area contributed by atoms with E-state index in [4.69, 9.17) is 5.73 Å². The summed E-state index contributed by atoms with van der Waals surface area (Å²) in [6, 6.07) is 7.01. The van der Waals surface area contributed by atoms with Crippen molar-refractivity contribution in [3.8, 4) is 0 Å². The second-order valence-electron chi connectivity index (χ2n) is 9.70. The second-order valence-corrected chi connectivity index (χ2v) is 9.70. The van der Waals surface area contributed by atoms with Crippen molar-refractivity contribution in [1.82, 2.24) is 25.1 Å². The van der Waals surface area contributed by atoms with Crippen molar-refractivity contribution in [2.75, 3.05) is 16.8 Å². The predicted molar refractivity (Wildman–Crippen MR) is 136 cm³/mol. The molecule has 11 heteroatoms. The molecule has 3 aromatic rings. The average molecular weight is 493 g/mol. The number of nitrogens with one attached hydrogen (secondary N) is 2. The Bertz CT molecular complexity index is 1250. The van der Waals surface area contributed by atoms with Crippen molar-refractivity contribution >= 4 is 29.1 Å². The predicted octanol–water partition coefficient (Wildman–Crippen LogP) is 2.07. The number of piperidine rings is 1. The molecule has 2 aromatic heterocycles. The SMILES string of the molecule is C[C@H]1CC[C@@H](NC(=O)c2ccc(C(C)(C)O)cc2)CN1c1cnc(C(N)=O)c(Nc2cnn(C)c2)n1. The largest absolute Gasteiger partial charge is 0.386 e. The number of primary amides is 1. The normalized spacial score (nSPS) is 18.1. The van der Waals surface area contributed by atoms with Crippen molar-refractivity contribution in [1.29, 1.82) is 0 Å². The Morgan fingerprint density at radius 2 is 1.89 bits per heavy atom. The standard InChI is InChI=1S/C25H32N8O3/c1-15-5-10-18(30-24(35)16-6-8-17(9-7-16)25(2,3)36)14-33(15)20-12-27-21(22(26)34)23(31-20)29-19-11-28-32(4)13-19/h6-9,11-13,15,18,36H,5,10,14H2,1-4H3,(H2,26,34)(H,29,31)(H,30,35)/t15-,18+/m0/s1. The molecule has 0 saturated carbocycles. The van der Waals surface area contributed by atoms with Crippen molar-refractivity contribution in [3.05, 3.63) is 59.7 Å². The van der Waals surface area contributed by atoms with Gasteiger partial charge in [-0.15, -0.1) is 0 Å². The number of rotatable bonds is 7. The van der Waals surface area contributed by atoms with Gasteiger partial charge in [-0.1, -0.05) is 12.1 Å². The summed E-state index contributed by atoms with van der Waals surface area (Å²) in [5.74, 6) is -0.0376. The van der Waals surface area contributed by atoms with E-state index in [0.29, 0.717) is 23.6 Å². The molecule has 0 unspecified atom stereocenters. The molecule has 1 fully saturated rings. The summed E-state index contributed by atoms with van der Waals surface area (Å²) in [5, 5.41) is 20.4. The summed E-state index contributed by atoms with van der Waals surface area (Å²) in [5.41, 5.74) is 6.51. The fraction of sp³-hybridized carbons (Fsp3) is 0.400. The van der Waals surface area contributed by atoms with Gasteiger partial charge < -0.3 is 26.4 Å². The summed E-state index contributed by atoms with van der Waals surface area (Å²) in [6.07, 6.45) is 6.56. The van der Waals surface area contributed by atoms with Gasteiger partial charge >= 0.3 is 0 Å². The lowest BCUT2D eigenvalue weighted by Crippen LogP contribution is -2.51. The first-order valence-electron chi connectivity index (χ1n) is 11.8. The van der Waals surface area contributed by atoms with Crippen LogP contribution in [0, 0.1) is 0 Å². The van der Waals surface area contributed by atoms with E-state index in [1.54, 1.807) is 62.2 Å². The highest BCUT2D eigenvalue weighted by atomic mass is 16.3. The lowest BCUT2D eigenvalue weighted by molar-refractivity contribution is 0.0783. The summed E-state index contributed by atoms with van der Waals surface area (Å²) in [7, 11) is 1.79. The van der Waals surface area contributed by atoms with Crippen LogP contribution in [0.2, 0.25) is 0 Å². The molecule has 3 heterocycles. The Morgan fingerprint density at radius 1 is 1.17 bits per heavy atom. The van der Waals surface area contributed by atoms with E-state index < -0.39 is 11.5 Å². The van der Waals surface area contributed by atoms with Crippen LogP contribution in [-0.4, -0.2) is 55.3 Å². The zero-order valence-electron chi connectivity index (χ0n) is 20.9. The van der Waals surface area contributed by atoms with Crippen LogP contribution in [0.4, 0.5) is 17.3 Å². The first-order chi connectivity index (χ1) is 17.0. The van der Waals surface area contributed by atoms with Gasteiger partial charge in [-0.3, -0.25) is 14.3 Å². The number of amides is 2. The first kappa shape index (κ1) is 25.1. The molecule has 5 N–H and O–H groups in total. The zero-order chi connectivity index (χ0) is 26.0. The van der Waals surface area contributed by atoms with E-state index in [1.807, 2.05) is 0 Å². The summed E-state index contributed by atoms with van der Waals surface area (Å²) in [6.45, 7) is 6.03. The number of carbonyl (C=O) groups excluding carboxylic acids is 2. The van der Waals surface area contributed by atoms with Gasteiger partial charge in [0.25, 0.3) is 11.8 Å². The summed E-state index contributed by atoms with van der Waals surface area (Å²) < 4.78 is 1.63. The molecule has 0 spiro atoms. The van der Waals surface area contributed by atoms with Crippen molar-refractivity contribution < 1.29 is 14.7 Å². The van der Waals surface area contributed by atoms with E-state index in [9.17, 15) is 14.7 Å². The molecule has 1 aliphatic rings. The van der Waals surface area contributed by atoms with Gasteiger partial charge in [-0.25, -0.2) is 9.97 Å².